The molecule has 90 valence electrons. The van der Waals surface area contributed by atoms with E-state index in [1.54, 1.807) is 25.9 Å². The van der Waals surface area contributed by atoms with Crippen LogP contribution >= 0.6 is 11.8 Å². The molecule has 1 heterocycles. The molecule has 0 radical (unpaired) electrons. The molecule has 0 aliphatic heterocycles. The van der Waals surface area contributed by atoms with Crippen LogP contribution in [0.15, 0.2) is 5.16 Å². The first-order valence-corrected chi connectivity index (χ1v) is 5.88. The molecule has 0 amide bonds. The lowest BCUT2D eigenvalue weighted by Crippen LogP contribution is -2.15. The van der Waals surface area contributed by atoms with Gasteiger partial charge < -0.3 is 15.0 Å². The summed E-state index contributed by atoms with van der Waals surface area (Å²) in [6.07, 6.45) is 0. The normalized spacial score (nSPS) is 10.2. The summed E-state index contributed by atoms with van der Waals surface area (Å²) in [4.78, 5) is 14.7. The molecular weight excluding hydrogens is 226 g/mol. The van der Waals surface area contributed by atoms with E-state index in [4.69, 9.17) is 4.74 Å². The Bertz CT molecular complexity index is 334. The van der Waals surface area contributed by atoms with Gasteiger partial charge in [-0.2, -0.15) is 15.0 Å². The van der Waals surface area contributed by atoms with Gasteiger partial charge in [0, 0.05) is 34.0 Å². The van der Waals surface area contributed by atoms with Crippen molar-refractivity contribution >= 4 is 23.7 Å². The number of methoxy groups -OCH3 is 1. The summed E-state index contributed by atoms with van der Waals surface area (Å²) in [5.74, 6) is 2.06. The van der Waals surface area contributed by atoms with Crippen molar-refractivity contribution in [1.82, 2.24) is 15.0 Å². The molecule has 6 nitrogen and oxygen atoms in total. The zero-order valence-corrected chi connectivity index (χ0v) is 10.8. The largest absolute Gasteiger partial charge is 0.384 e. The highest BCUT2D eigenvalue weighted by molar-refractivity contribution is 7.99. The van der Waals surface area contributed by atoms with Crippen LogP contribution in [0.2, 0.25) is 0 Å². The Kier molecular flexibility index (Phi) is 5.27. The van der Waals surface area contributed by atoms with E-state index >= 15 is 0 Å². The Labute approximate surface area is 99.8 Å². The second kappa shape index (κ2) is 6.49. The van der Waals surface area contributed by atoms with Crippen molar-refractivity contribution in [3.63, 3.8) is 0 Å². The molecule has 16 heavy (non-hydrogen) atoms. The molecule has 0 saturated heterocycles. The minimum Gasteiger partial charge on any atom is -0.384 e. The molecule has 1 rings (SSSR count). The fourth-order valence-corrected chi connectivity index (χ4v) is 1.67. The zero-order chi connectivity index (χ0) is 12.0. The molecule has 0 unspecified atom stereocenters. The first-order valence-electron chi connectivity index (χ1n) is 4.90. The van der Waals surface area contributed by atoms with E-state index in [2.05, 4.69) is 20.3 Å². The number of anilines is 2. The molecule has 7 heteroatoms. The molecule has 0 spiro atoms. The molecule has 0 saturated carbocycles. The number of rotatable bonds is 6. The van der Waals surface area contributed by atoms with Gasteiger partial charge in [-0.1, -0.05) is 11.8 Å². The Hall–Kier alpha value is -1.08. The monoisotopic (exact) mass is 243 g/mol. The van der Waals surface area contributed by atoms with E-state index in [0.717, 1.165) is 5.75 Å². The summed E-state index contributed by atoms with van der Waals surface area (Å²) < 4.78 is 4.98. The molecule has 0 aliphatic carbocycles. The molecule has 0 atom stereocenters. The summed E-state index contributed by atoms with van der Waals surface area (Å²) in [5.41, 5.74) is 0. The third-order valence-corrected chi connectivity index (χ3v) is 2.56. The lowest BCUT2D eigenvalue weighted by atomic mass is 10.8. The predicted molar refractivity (Wildman–Crippen MR) is 66.3 cm³/mol. The molecular formula is C9H17N5OS. The fourth-order valence-electron chi connectivity index (χ4n) is 0.939. The maximum Gasteiger partial charge on any atom is 0.230 e. The van der Waals surface area contributed by atoms with Crippen molar-refractivity contribution in [2.24, 2.45) is 0 Å². The van der Waals surface area contributed by atoms with Crippen LogP contribution in [-0.4, -0.2) is 55.6 Å². The fraction of sp³-hybridized carbons (Fsp3) is 0.667. The van der Waals surface area contributed by atoms with Crippen molar-refractivity contribution in [2.75, 3.05) is 50.8 Å². The van der Waals surface area contributed by atoms with E-state index in [1.165, 1.54) is 0 Å². The van der Waals surface area contributed by atoms with Gasteiger partial charge in [-0.15, -0.1) is 0 Å². The van der Waals surface area contributed by atoms with Crippen molar-refractivity contribution in [1.29, 1.82) is 0 Å². The number of hydrogen-bond donors (Lipinski definition) is 1. The summed E-state index contributed by atoms with van der Waals surface area (Å²) in [5, 5.41) is 3.63. The predicted octanol–water partition coefficient (Wildman–Crippen LogP) is 0.718. The Balaban J connectivity index is 2.78. The highest BCUT2D eigenvalue weighted by Gasteiger charge is 2.07. The molecule has 1 aromatic rings. The van der Waals surface area contributed by atoms with E-state index in [-0.39, 0.29) is 0 Å². The minimum absolute atomic E-state index is 0.582. The number of ether oxygens (including phenoxy) is 1. The van der Waals surface area contributed by atoms with Crippen LogP contribution < -0.4 is 10.2 Å². The Morgan fingerprint density at radius 3 is 2.62 bits per heavy atom. The van der Waals surface area contributed by atoms with Gasteiger partial charge in [0.25, 0.3) is 0 Å². The first kappa shape index (κ1) is 13.0. The Morgan fingerprint density at radius 1 is 1.31 bits per heavy atom. The van der Waals surface area contributed by atoms with E-state index in [9.17, 15) is 0 Å². The highest BCUT2D eigenvalue weighted by atomic mass is 32.2. The van der Waals surface area contributed by atoms with E-state index in [0.29, 0.717) is 23.7 Å². The van der Waals surface area contributed by atoms with Crippen molar-refractivity contribution in [3.8, 4) is 0 Å². The quantitative estimate of drug-likeness (QED) is 0.583. The van der Waals surface area contributed by atoms with E-state index < -0.39 is 0 Å². The summed E-state index contributed by atoms with van der Waals surface area (Å²) >= 11 is 1.55. The van der Waals surface area contributed by atoms with Crippen LogP contribution in [0.25, 0.3) is 0 Å². The van der Waals surface area contributed by atoms with Gasteiger partial charge in [-0.3, -0.25) is 0 Å². The van der Waals surface area contributed by atoms with Gasteiger partial charge in [0.2, 0.25) is 11.9 Å². The van der Waals surface area contributed by atoms with Gasteiger partial charge in [0.15, 0.2) is 5.16 Å². The molecule has 0 aromatic carbocycles. The van der Waals surface area contributed by atoms with E-state index in [1.807, 2.05) is 19.0 Å². The van der Waals surface area contributed by atoms with Crippen LogP contribution in [-0.2, 0) is 4.74 Å². The van der Waals surface area contributed by atoms with Gasteiger partial charge in [-0.25, -0.2) is 0 Å². The van der Waals surface area contributed by atoms with Crippen LogP contribution in [0.4, 0.5) is 11.9 Å². The standard InChI is InChI=1S/C9H17N5OS/c1-10-7-11-8(14(2)3)13-9(12-7)16-6-5-15-4/h5-6H2,1-4H3,(H,10,11,12,13). The summed E-state index contributed by atoms with van der Waals surface area (Å²) in [6, 6.07) is 0. The molecule has 0 bridgehead atoms. The van der Waals surface area contributed by atoms with Gasteiger partial charge in [0.1, 0.15) is 0 Å². The van der Waals surface area contributed by atoms with Gasteiger partial charge >= 0.3 is 0 Å². The van der Waals surface area contributed by atoms with Crippen molar-refractivity contribution < 1.29 is 4.74 Å². The lowest BCUT2D eigenvalue weighted by Gasteiger charge is -2.12. The molecule has 1 N–H and O–H groups in total. The van der Waals surface area contributed by atoms with Crippen molar-refractivity contribution in [2.45, 2.75) is 5.16 Å². The third kappa shape index (κ3) is 3.82. The average molecular weight is 243 g/mol. The summed E-state index contributed by atoms with van der Waals surface area (Å²) in [6.45, 7) is 0.683. The van der Waals surface area contributed by atoms with Crippen molar-refractivity contribution in [3.05, 3.63) is 0 Å². The number of thioether (sulfide) groups is 1. The second-order valence-corrected chi connectivity index (χ2v) is 4.29. The molecule has 0 fully saturated rings. The number of nitrogens with zero attached hydrogens (tertiary/aromatic N) is 4. The van der Waals surface area contributed by atoms with Gasteiger partial charge in [-0.05, 0) is 0 Å². The molecule has 0 aliphatic rings. The third-order valence-electron chi connectivity index (χ3n) is 1.75. The van der Waals surface area contributed by atoms with Crippen LogP contribution in [0, 0.1) is 0 Å². The second-order valence-electron chi connectivity index (χ2n) is 3.23. The van der Waals surface area contributed by atoms with Crippen LogP contribution in [0.5, 0.6) is 0 Å². The van der Waals surface area contributed by atoms with Gasteiger partial charge in [0.05, 0.1) is 6.61 Å². The smallest absolute Gasteiger partial charge is 0.230 e. The number of hydrogen-bond acceptors (Lipinski definition) is 7. The maximum atomic E-state index is 4.98. The maximum absolute atomic E-state index is 4.98. The first-order chi connectivity index (χ1) is 7.67. The zero-order valence-electron chi connectivity index (χ0n) is 10.0. The average Bonchev–Trinajstić information content (AvgIpc) is 2.29. The minimum atomic E-state index is 0.582. The summed E-state index contributed by atoms with van der Waals surface area (Å²) in [7, 11) is 7.27. The number of nitrogens with one attached hydrogen (secondary N) is 1. The Morgan fingerprint density at radius 2 is 2.06 bits per heavy atom. The molecule has 1 aromatic heterocycles. The highest BCUT2D eigenvalue weighted by Crippen LogP contribution is 2.17. The van der Waals surface area contributed by atoms with Crippen LogP contribution in [0.1, 0.15) is 0 Å². The van der Waals surface area contributed by atoms with Crippen LogP contribution in [0.3, 0.4) is 0 Å². The SMILES string of the molecule is CNc1nc(SCCOC)nc(N(C)C)n1. The topological polar surface area (TPSA) is 63.2 Å². The lowest BCUT2D eigenvalue weighted by molar-refractivity contribution is 0.218. The number of aromatic nitrogens is 3.